The van der Waals surface area contributed by atoms with Crippen LogP contribution in [0, 0.1) is 0 Å². The van der Waals surface area contributed by atoms with Gasteiger partial charge in [-0.2, -0.15) is 0 Å². The van der Waals surface area contributed by atoms with Gasteiger partial charge in [-0.05, 0) is 23.5 Å². The monoisotopic (exact) mass is 232 g/mol. The van der Waals surface area contributed by atoms with E-state index >= 15 is 0 Å². The second-order valence-electron chi connectivity index (χ2n) is 5.07. The van der Waals surface area contributed by atoms with Crippen molar-refractivity contribution in [3.05, 3.63) is 35.4 Å². The lowest BCUT2D eigenvalue weighted by Gasteiger charge is -2.06. The van der Waals surface area contributed by atoms with Gasteiger partial charge in [-0.1, -0.05) is 57.9 Å². The van der Waals surface area contributed by atoms with Crippen LogP contribution < -0.4 is 0 Å². The largest absolute Gasteiger partial charge is 0.299 e. The summed E-state index contributed by atoms with van der Waals surface area (Å²) in [6.07, 6.45) is 4.72. The van der Waals surface area contributed by atoms with E-state index in [0.717, 1.165) is 24.8 Å². The van der Waals surface area contributed by atoms with Crippen molar-refractivity contribution in [2.24, 2.45) is 0 Å². The Morgan fingerprint density at radius 2 is 1.76 bits per heavy atom. The van der Waals surface area contributed by atoms with Gasteiger partial charge in [-0.3, -0.25) is 4.79 Å². The third-order valence-corrected chi connectivity index (χ3v) is 3.11. The van der Waals surface area contributed by atoms with E-state index in [9.17, 15) is 4.79 Å². The van der Waals surface area contributed by atoms with Gasteiger partial charge in [0, 0.05) is 12.8 Å². The van der Waals surface area contributed by atoms with Crippen molar-refractivity contribution in [2.75, 3.05) is 0 Å². The molecular formula is C16H24O. The van der Waals surface area contributed by atoms with Gasteiger partial charge in [-0.25, -0.2) is 0 Å². The lowest BCUT2D eigenvalue weighted by molar-refractivity contribution is -0.118. The molecule has 1 nitrogen and oxygen atoms in total. The summed E-state index contributed by atoms with van der Waals surface area (Å²) in [4.78, 5) is 11.7. The van der Waals surface area contributed by atoms with Crippen LogP contribution in [0.1, 0.15) is 63.5 Å². The summed E-state index contributed by atoms with van der Waals surface area (Å²) in [5.41, 5.74) is 2.49. The van der Waals surface area contributed by atoms with Gasteiger partial charge in [-0.15, -0.1) is 0 Å². The predicted octanol–water partition coefficient (Wildman–Crippen LogP) is 4.50. The summed E-state index contributed by atoms with van der Waals surface area (Å²) in [7, 11) is 0. The summed E-state index contributed by atoms with van der Waals surface area (Å²) in [6.45, 7) is 6.53. The molecule has 0 spiro atoms. The number of hydrogen-bond donors (Lipinski definition) is 0. The van der Waals surface area contributed by atoms with Gasteiger partial charge in [0.05, 0.1) is 0 Å². The minimum atomic E-state index is 0.371. The average molecular weight is 232 g/mol. The maximum Gasteiger partial charge on any atom is 0.137 e. The Morgan fingerprint density at radius 3 is 2.29 bits per heavy atom. The number of carbonyl (C=O) groups excluding carboxylic acids is 1. The normalized spacial score (nSPS) is 10.8. The highest BCUT2D eigenvalue weighted by Gasteiger charge is 2.04. The first-order valence-electron chi connectivity index (χ1n) is 6.74. The Kier molecular flexibility index (Phi) is 5.96. The van der Waals surface area contributed by atoms with Gasteiger partial charge >= 0.3 is 0 Å². The van der Waals surface area contributed by atoms with Crippen LogP contribution in [0.15, 0.2) is 24.3 Å². The Hall–Kier alpha value is -1.11. The fraction of sp³-hybridized carbons (Fsp3) is 0.562. The van der Waals surface area contributed by atoms with E-state index < -0.39 is 0 Å². The Labute approximate surface area is 105 Å². The molecule has 0 saturated heterocycles. The van der Waals surface area contributed by atoms with Crippen molar-refractivity contribution in [2.45, 2.75) is 58.8 Å². The molecule has 0 unspecified atom stereocenters. The predicted molar refractivity (Wildman–Crippen MR) is 73.4 cm³/mol. The molecule has 1 heteroatoms. The maximum atomic E-state index is 11.7. The number of rotatable bonds is 7. The standard InChI is InChI=1S/C16H24O/c1-4-5-6-7-16(17)12-14-8-10-15(11-9-14)13(2)3/h8-11,13H,4-7,12H2,1-3H3. The van der Waals surface area contributed by atoms with Crippen LogP contribution in [-0.4, -0.2) is 5.78 Å². The molecule has 0 aromatic heterocycles. The molecular weight excluding hydrogens is 208 g/mol. The number of benzene rings is 1. The first-order valence-corrected chi connectivity index (χ1v) is 6.74. The zero-order valence-corrected chi connectivity index (χ0v) is 11.3. The van der Waals surface area contributed by atoms with Gasteiger partial charge in [0.1, 0.15) is 5.78 Å². The van der Waals surface area contributed by atoms with E-state index in [0.29, 0.717) is 18.1 Å². The summed E-state index contributed by atoms with van der Waals surface area (Å²) in [5.74, 6) is 0.931. The van der Waals surface area contributed by atoms with Crippen LogP contribution in [0.2, 0.25) is 0 Å². The number of carbonyl (C=O) groups is 1. The van der Waals surface area contributed by atoms with Crippen molar-refractivity contribution < 1.29 is 4.79 Å². The summed E-state index contributed by atoms with van der Waals surface area (Å²) < 4.78 is 0. The van der Waals surface area contributed by atoms with Gasteiger partial charge in [0.2, 0.25) is 0 Å². The molecule has 1 aromatic carbocycles. The molecule has 0 saturated carbocycles. The second-order valence-corrected chi connectivity index (χ2v) is 5.07. The minimum absolute atomic E-state index is 0.371. The summed E-state index contributed by atoms with van der Waals surface area (Å²) in [6, 6.07) is 8.46. The average Bonchev–Trinajstić information content (AvgIpc) is 2.30. The highest BCUT2D eigenvalue weighted by molar-refractivity contribution is 5.80. The molecule has 1 rings (SSSR count). The van der Waals surface area contributed by atoms with Crippen LogP contribution in [-0.2, 0) is 11.2 Å². The fourth-order valence-corrected chi connectivity index (χ4v) is 1.91. The SMILES string of the molecule is CCCCCC(=O)Cc1ccc(C(C)C)cc1. The smallest absolute Gasteiger partial charge is 0.137 e. The van der Waals surface area contributed by atoms with Crippen LogP contribution in [0.3, 0.4) is 0 Å². The van der Waals surface area contributed by atoms with E-state index in [1.807, 2.05) is 0 Å². The van der Waals surface area contributed by atoms with Crippen LogP contribution >= 0.6 is 0 Å². The van der Waals surface area contributed by atoms with Crippen LogP contribution in [0.25, 0.3) is 0 Å². The summed E-state index contributed by atoms with van der Waals surface area (Å²) in [5, 5.41) is 0. The molecule has 0 aliphatic heterocycles. The topological polar surface area (TPSA) is 17.1 Å². The third kappa shape index (κ3) is 5.16. The molecule has 0 amide bonds. The molecule has 0 bridgehead atoms. The van der Waals surface area contributed by atoms with E-state index in [1.165, 1.54) is 12.0 Å². The van der Waals surface area contributed by atoms with Crippen LogP contribution in [0.4, 0.5) is 0 Å². The van der Waals surface area contributed by atoms with E-state index in [4.69, 9.17) is 0 Å². The van der Waals surface area contributed by atoms with Gasteiger partial charge in [0.25, 0.3) is 0 Å². The Balaban J connectivity index is 2.43. The molecule has 0 radical (unpaired) electrons. The molecule has 0 heterocycles. The number of unbranched alkanes of at least 4 members (excludes halogenated alkanes) is 2. The fourth-order valence-electron chi connectivity index (χ4n) is 1.91. The highest BCUT2D eigenvalue weighted by atomic mass is 16.1. The molecule has 0 fully saturated rings. The first-order chi connectivity index (χ1) is 8.13. The van der Waals surface area contributed by atoms with Crippen molar-refractivity contribution in [1.29, 1.82) is 0 Å². The zero-order valence-electron chi connectivity index (χ0n) is 11.3. The number of hydrogen-bond acceptors (Lipinski definition) is 1. The molecule has 0 aliphatic carbocycles. The molecule has 0 aliphatic rings. The molecule has 0 N–H and O–H groups in total. The van der Waals surface area contributed by atoms with Crippen molar-refractivity contribution in [3.63, 3.8) is 0 Å². The Morgan fingerprint density at radius 1 is 1.12 bits per heavy atom. The second kappa shape index (κ2) is 7.26. The number of Topliss-reactive ketones (excluding diaryl/α,β-unsaturated/α-hetero) is 1. The third-order valence-electron chi connectivity index (χ3n) is 3.11. The molecule has 94 valence electrons. The maximum absolute atomic E-state index is 11.7. The first kappa shape index (κ1) is 14.0. The van der Waals surface area contributed by atoms with E-state index in [2.05, 4.69) is 45.0 Å². The van der Waals surface area contributed by atoms with Crippen molar-refractivity contribution in [1.82, 2.24) is 0 Å². The number of ketones is 1. The minimum Gasteiger partial charge on any atom is -0.299 e. The molecule has 0 atom stereocenters. The lowest BCUT2D eigenvalue weighted by atomic mass is 9.99. The lowest BCUT2D eigenvalue weighted by Crippen LogP contribution is -2.02. The van der Waals surface area contributed by atoms with Crippen molar-refractivity contribution >= 4 is 5.78 Å². The Bertz CT molecular complexity index is 335. The molecule has 1 aromatic rings. The van der Waals surface area contributed by atoms with E-state index in [-0.39, 0.29) is 0 Å². The molecule has 17 heavy (non-hydrogen) atoms. The zero-order chi connectivity index (χ0) is 12.7. The highest BCUT2D eigenvalue weighted by Crippen LogP contribution is 2.15. The van der Waals surface area contributed by atoms with Crippen molar-refractivity contribution in [3.8, 4) is 0 Å². The quantitative estimate of drug-likeness (QED) is 0.632. The van der Waals surface area contributed by atoms with Crippen LogP contribution in [0.5, 0.6) is 0 Å². The van der Waals surface area contributed by atoms with Gasteiger partial charge < -0.3 is 0 Å². The summed E-state index contributed by atoms with van der Waals surface area (Å²) >= 11 is 0. The van der Waals surface area contributed by atoms with Gasteiger partial charge in [0.15, 0.2) is 0 Å². The van der Waals surface area contributed by atoms with E-state index in [1.54, 1.807) is 0 Å².